The highest BCUT2D eigenvalue weighted by molar-refractivity contribution is 5.84. The van der Waals surface area contributed by atoms with Crippen LogP contribution in [0.2, 0.25) is 0 Å². The number of ether oxygens (including phenoxy) is 1. The van der Waals surface area contributed by atoms with Crippen LogP contribution in [0.4, 0.5) is 5.69 Å². The Bertz CT molecular complexity index is 899. The van der Waals surface area contributed by atoms with Gasteiger partial charge >= 0.3 is 5.97 Å². The Labute approximate surface area is 160 Å². The van der Waals surface area contributed by atoms with Crippen LogP contribution in [0, 0.1) is 0 Å². The third-order valence-corrected chi connectivity index (χ3v) is 4.99. The van der Waals surface area contributed by atoms with Crippen molar-refractivity contribution in [3.8, 4) is 0 Å². The molecule has 2 N–H and O–H groups in total. The molecular formula is C22H27N3O2. The van der Waals surface area contributed by atoms with Crippen molar-refractivity contribution in [1.82, 2.24) is 10.3 Å². The zero-order chi connectivity index (χ0) is 19.4. The fourth-order valence-electron chi connectivity index (χ4n) is 3.35. The van der Waals surface area contributed by atoms with Crippen LogP contribution in [0.5, 0.6) is 0 Å². The minimum absolute atomic E-state index is 0.115. The molecule has 0 saturated carbocycles. The number of para-hydroxylation sites is 1. The first-order valence-corrected chi connectivity index (χ1v) is 9.15. The van der Waals surface area contributed by atoms with Gasteiger partial charge in [0.25, 0.3) is 0 Å². The monoisotopic (exact) mass is 365 g/mol. The van der Waals surface area contributed by atoms with E-state index >= 15 is 0 Å². The largest absolute Gasteiger partial charge is 0.468 e. The molecule has 0 spiro atoms. The smallest absolute Gasteiger partial charge is 0.322 e. The minimum Gasteiger partial charge on any atom is -0.468 e. The lowest BCUT2D eigenvalue weighted by Gasteiger charge is -2.21. The number of nitrogens with zero attached hydrogens (tertiary/aromatic N) is 1. The molecule has 142 valence electrons. The number of aromatic nitrogens is 1. The van der Waals surface area contributed by atoms with Gasteiger partial charge < -0.3 is 19.9 Å². The Morgan fingerprint density at radius 3 is 2.52 bits per heavy atom. The van der Waals surface area contributed by atoms with E-state index in [2.05, 4.69) is 63.9 Å². The Morgan fingerprint density at radius 2 is 1.85 bits per heavy atom. The molecule has 0 bridgehead atoms. The number of nitrogens with one attached hydrogen (secondary N) is 2. The van der Waals surface area contributed by atoms with Gasteiger partial charge in [0.1, 0.15) is 6.04 Å². The fraction of sp³-hybridized carbons (Fsp3) is 0.318. The highest BCUT2D eigenvalue weighted by Crippen LogP contribution is 2.31. The van der Waals surface area contributed by atoms with Crippen molar-refractivity contribution in [1.29, 1.82) is 0 Å². The summed E-state index contributed by atoms with van der Waals surface area (Å²) in [5, 5.41) is 4.52. The van der Waals surface area contributed by atoms with Crippen molar-refractivity contribution in [3.63, 3.8) is 0 Å². The van der Waals surface area contributed by atoms with E-state index in [9.17, 15) is 4.79 Å². The van der Waals surface area contributed by atoms with Crippen LogP contribution in [-0.4, -0.2) is 44.7 Å². The summed E-state index contributed by atoms with van der Waals surface area (Å²) in [4.78, 5) is 17.2. The average molecular weight is 365 g/mol. The second-order valence-corrected chi connectivity index (χ2v) is 6.98. The van der Waals surface area contributed by atoms with E-state index in [0.717, 1.165) is 11.2 Å². The fourth-order valence-corrected chi connectivity index (χ4v) is 3.35. The number of carbonyl (C=O) groups is 1. The van der Waals surface area contributed by atoms with E-state index in [-0.39, 0.29) is 17.9 Å². The molecule has 1 aromatic heterocycles. The van der Waals surface area contributed by atoms with Crippen molar-refractivity contribution in [2.24, 2.45) is 0 Å². The van der Waals surface area contributed by atoms with E-state index < -0.39 is 0 Å². The van der Waals surface area contributed by atoms with Crippen LogP contribution < -0.4 is 10.2 Å². The first-order chi connectivity index (χ1) is 13.0. The molecule has 5 heteroatoms. The van der Waals surface area contributed by atoms with Gasteiger partial charge in [-0.15, -0.1) is 0 Å². The molecule has 0 fully saturated rings. The van der Waals surface area contributed by atoms with Crippen molar-refractivity contribution in [2.75, 3.05) is 32.6 Å². The highest BCUT2D eigenvalue weighted by Gasteiger charge is 2.21. The number of methoxy groups -OCH3 is 1. The number of aromatic amines is 1. The number of H-pyrrole nitrogens is 1. The predicted octanol–water partition coefficient (Wildman–Crippen LogP) is 3.52. The molecule has 1 heterocycles. The summed E-state index contributed by atoms with van der Waals surface area (Å²) in [6.45, 7) is 2.46. The topological polar surface area (TPSA) is 57.4 Å². The number of hydrogen-bond donors (Lipinski definition) is 2. The predicted molar refractivity (Wildman–Crippen MR) is 110 cm³/mol. The minimum atomic E-state index is -0.358. The van der Waals surface area contributed by atoms with Gasteiger partial charge in [-0.3, -0.25) is 4.79 Å². The van der Waals surface area contributed by atoms with Gasteiger partial charge in [0.2, 0.25) is 0 Å². The molecule has 0 unspecified atom stereocenters. The Morgan fingerprint density at radius 1 is 1.15 bits per heavy atom. The number of benzene rings is 2. The molecule has 27 heavy (non-hydrogen) atoms. The molecule has 0 saturated heterocycles. The molecule has 0 aliphatic heterocycles. The van der Waals surface area contributed by atoms with Crippen LogP contribution in [0.1, 0.15) is 24.0 Å². The van der Waals surface area contributed by atoms with Crippen LogP contribution >= 0.6 is 0 Å². The van der Waals surface area contributed by atoms with Crippen molar-refractivity contribution >= 4 is 22.6 Å². The summed E-state index contributed by atoms with van der Waals surface area (Å²) in [5.41, 5.74) is 4.69. The van der Waals surface area contributed by atoms with Crippen molar-refractivity contribution in [3.05, 3.63) is 65.9 Å². The van der Waals surface area contributed by atoms with Crippen LogP contribution in [0.25, 0.3) is 10.9 Å². The average Bonchev–Trinajstić information content (AvgIpc) is 3.11. The number of carbonyl (C=O) groups excluding carboxylic acids is 1. The molecule has 5 nitrogen and oxygen atoms in total. The third kappa shape index (κ3) is 4.14. The molecule has 2 atom stereocenters. The lowest BCUT2D eigenvalue weighted by molar-refractivity contribution is -0.142. The van der Waals surface area contributed by atoms with Gasteiger partial charge in [-0.2, -0.15) is 0 Å². The highest BCUT2D eigenvalue weighted by atomic mass is 16.5. The van der Waals surface area contributed by atoms with E-state index in [1.165, 1.54) is 23.6 Å². The summed E-state index contributed by atoms with van der Waals surface area (Å²) < 4.78 is 4.84. The number of rotatable bonds is 7. The van der Waals surface area contributed by atoms with Gasteiger partial charge in [0, 0.05) is 49.3 Å². The second-order valence-electron chi connectivity index (χ2n) is 6.98. The van der Waals surface area contributed by atoms with Gasteiger partial charge in [-0.25, -0.2) is 0 Å². The maximum Gasteiger partial charge on any atom is 0.322 e. The zero-order valence-corrected chi connectivity index (χ0v) is 16.3. The van der Waals surface area contributed by atoms with Gasteiger partial charge in [-0.05, 0) is 36.2 Å². The number of anilines is 1. The Hall–Kier alpha value is -2.79. The first kappa shape index (κ1) is 19.0. The second kappa shape index (κ2) is 8.27. The lowest BCUT2D eigenvalue weighted by Crippen LogP contribution is -2.37. The Kier molecular flexibility index (Phi) is 5.81. The van der Waals surface area contributed by atoms with E-state index in [1.807, 2.05) is 27.1 Å². The SMILES string of the molecule is COC(=O)[C@H](C)NC[C@@H](c1ccc(N(C)C)cc1)c1c[nH]c2ccccc12. The quantitative estimate of drug-likeness (QED) is 0.629. The molecule has 0 aliphatic rings. The van der Waals surface area contributed by atoms with Crippen molar-refractivity contribution < 1.29 is 9.53 Å². The standard InChI is InChI=1S/C22H27N3O2/c1-15(22(26)27-4)23-13-19(16-9-11-17(12-10-16)25(2)3)20-14-24-21-8-6-5-7-18(20)21/h5-12,14-15,19,23-24H,13H2,1-4H3/t15-,19-/m0/s1. The molecule has 3 rings (SSSR count). The van der Waals surface area contributed by atoms with Crippen LogP contribution in [0.15, 0.2) is 54.7 Å². The van der Waals surface area contributed by atoms with Gasteiger partial charge in [0.15, 0.2) is 0 Å². The summed E-state index contributed by atoms with van der Waals surface area (Å²) in [6, 6.07) is 16.5. The maximum atomic E-state index is 11.8. The molecule has 2 aromatic carbocycles. The van der Waals surface area contributed by atoms with Crippen LogP contribution in [0.3, 0.4) is 0 Å². The summed E-state index contributed by atoms with van der Waals surface area (Å²) in [7, 11) is 5.48. The zero-order valence-electron chi connectivity index (χ0n) is 16.3. The van der Waals surface area contributed by atoms with E-state index in [0.29, 0.717) is 6.54 Å². The molecule has 0 aliphatic carbocycles. The number of hydrogen-bond acceptors (Lipinski definition) is 4. The maximum absolute atomic E-state index is 11.8. The summed E-state index contributed by atoms with van der Waals surface area (Å²) >= 11 is 0. The normalized spacial score (nSPS) is 13.3. The molecular weight excluding hydrogens is 338 g/mol. The van der Waals surface area contributed by atoms with Crippen molar-refractivity contribution in [2.45, 2.75) is 18.9 Å². The molecule has 0 amide bonds. The van der Waals surface area contributed by atoms with Gasteiger partial charge in [-0.1, -0.05) is 30.3 Å². The van der Waals surface area contributed by atoms with Crippen LogP contribution in [-0.2, 0) is 9.53 Å². The lowest BCUT2D eigenvalue weighted by atomic mass is 9.90. The first-order valence-electron chi connectivity index (χ1n) is 9.15. The third-order valence-electron chi connectivity index (χ3n) is 4.99. The van der Waals surface area contributed by atoms with Gasteiger partial charge in [0.05, 0.1) is 7.11 Å². The summed E-state index contributed by atoms with van der Waals surface area (Å²) in [6.07, 6.45) is 2.07. The Balaban J connectivity index is 1.94. The number of fused-ring (bicyclic) bond motifs is 1. The van der Waals surface area contributed by atoms with E-state index in [1.54, 1.807) is 0 Å². The molecule has 0 radical (unpaired) electrons. The molecule has 3 aromatic rings. The van der Waals surface area contributed by atoms with E-state index in [4.69, 9.17) is 4.74 Å². The summed E-state index contributed by atoms with van der Waals surface area (Å²) in [5.74, 6) is -0.139. The number of esters is 1.